The largest absolute Gasteiger partial charge is 0.379 e. The second-order valence-electron chi connectivity index (χ2n) is 3.47. The van der Waals surface area contributed by atoms with Gasteiger partial charge in [-0.15, -0.1) is 0 Å². The summed E-state index contributed by atoms with van der Waals surface area (Å²) in [5, 5.41) is 6.13. The van der Waals surface area contributed by atoms with E-state index in [1.165, 1.54) is 32.1 Å². The first kappa shape index (κ1) is 8.66. The fraction of sp³-hybridized carbons (Fsp3) is 1.00. The number of hydrogen-bond acceptors (Lipinski definition) is 3. The highest BCUT2D eigenvalue weighted by atomic mass is 15.1. The van der Waals surface area contributed by atoms with Crippen molar-refractivity contribution in [3.05, 3.63) is 0 Å². The molecule has 0 unspecified atom stereocenters. The zero-order valence-corrected chi connectivity index (χ0v) is 7.29. The fourth-order valence-electron chi connectivity index (χ4n) is 1.92. The zero-order valence-electron chi connectivity index (χ0n) is 7.29. The van der Waals surface area contributed by atoms with Gasteiger partial charge in [-0.3, -0.25) is 0 Å². The lowest BCUT2D eigenvalue weighted by atomic mass is 9.76. The second kappa shape index (κ2) is 4.35. The van der Waals surface area contributed by atoms with Crippen molar-refractivity contribution >= 4 is 22.6 Å². The summed E-state index contributed by atoms with van der Waals surface area (Å²) in [5.74, 6) is 0. The minimum Gasteiger partial charge on any atom is -0.379 e. The molecule has 1 saturated heterocycles. The van der Waals surface area contributed by atoms with E-state index in [9.17, 15) is 0 Å². The highest BCUT2D eigenvalue weighted by Crippen LogP contribution is 2.21. The molecule has 1 aliphatic carbocycles. The highest BCUT2D eigenvalue weighted by molar-refractivity contribution is 6.65. The summed E-state index contributed by atoms with van der Waals surface area (Å²) in [6.07, 6.45) is 6.84. The summed E-state index contributed by atoms with van der Waals surface area (Å²) >= 11 is 0. The van der Waals surface area contributed by atoms with Crippen LogP contribution in [0.15, 0.2) is 0 Å². The topological polar surface area (TPSA) is 27.3 Å². The van der Waals surface area contributed by atoms with Gasteiger partial charge >= 0.3 is 0 Å². The molecule has 2 fully saturated rings. The summed E-state index contributed by atoms with van der Waals surface area (Å²) < 4.78 is 2.25. The summed E-state index contributed by atoms with van der Waals surface area (Å²) in [6, 6.07) is 0.715. The molecule has 0 aromatic heterocycles. The van der Waals surface area contributed by atoms with Crippen LogP contribution in [0.25, 0.3) is 0 Å². The Morgan fingerprint density at radius 2 is 1.67 bits per heavy atom. The van der Waals surface area contributed by atoms with Gasteiger partial charge < -0.3 is 15.0 Å². The molecule has 61 valence electrons. The number of nitrogens with one attached hydrogen (secondary N) is 2. The van der Waals surface area contributed by atoms with Crippen molar-refractivity contribution in [1.29, 1.82) is 0 Å². The molecular weight excluding hydrogens is 147 g/mol. The van der Waals surface area contributed by atoms with Gasteiger partial charge in [-0.05, 0) is 18.9 Å². The van der Waals surface area contributed by atoms with E-state index in [2.05, 4.69) is 15.0 Å². The molecule has 3 radical (unpaired) electrons. The van der Waals surface area contributed by atoms with E-state index in [0.717, 1.165) is 0 Å². The molecule has 0 amide bonds. The normalized spacial score (nSPS) is 27.0. The lowest BCUT2D eigenvalue weighted by molar-refractivity contribution is 0.338. The third kappa shape index (κ3) is 2.06. The van der Waals surface area contributed by atoms with Gasteiger partial charge in [-0.2, -0.15) is 0 Å². The van der Waals surface area contributed by atoms with Crippen molar-refractivity contribution in [3.8, 4) is 0 Å². The molecule has 3 nitrogen and oxygen atoms in total. The SMILES string of the molecule is [B]1N[B]N(C2CCCCC2)[B]N1. The molecule has 0 aromatic rings. The lowest BCUT2D eigenvalue weighted by Crippen LogP contribution is -2.61. The molecule has 2 aliphatic rings. The van der Waals surface area contributed by atoms with Crippen molar-refractivity contribution in [2.24, 2.45) is 0 Å². The first-order valence-electron chi connectivity index (χ1n) is 4.75. The molecule has 1 aliphatic heterocycles. The molecular formula is C6H13B3N3. The van der Waals surface area contributed by atoms with Gasteiger partial charge in [0, 0.05) is 0 Å². The van der Waals surface area contributed by atoms with Crippen LogP contribution in [0.5, 0.6) is 0 Å². The summed E-state index contributed by atoms with van der Waals surface area (Å²) in [5.41, 5.74) is 0. The van der Waals surface area contributed by atoms with Crippen molar-refractivity contribution in [1.82, 2.24) is 15.0 Å². The van der Waals surface area contributed by atoms with Crippen LogP contribution in [0.2, 0.25) is 0 Å². The van der Waals surface area contributed by atoms with Crippen LogP contribution in [0.3, 0.4) is 0 Å². The van der Waals surface area contributed by atoms with Crippen LogP contribution in [-0.4, -0.2) is 33.4 Å². The van der Waals surface area contributed by atoms with Crippen LogP contribution in [0, 0.1) is 0 Å². The molecule has 12 heavy (non-hydrogen) atoms. The Bertz CT molecular complexity index is 118. The molecule has 6 heteroatoms. The van der Waals surface area contributed by atoms with Gasteiger partial charge in [0.2, 0.25) is 0 Å². The molecule has 0 atom stereocenters. The van der Waals surface area contributed by atoms with E-state index in [0.29, 0.717) is 6.04 Å². The van der Waals surface area contributed by atoms with Crippen molar-refractivity contribution < 1.29 is 0 Å². The number of rotatable bonds is 1. The predicted molar refractivity (Wildman–Crippen MR) is 52.2 cm³/mol. The average molecular weight is 160 g/mol. The maximum atomic E-state index is 3.07. The van der Waals surface area contributed by atoms with Gasteiger partial charge in [-0.25, -0.2) is 0 Å². The molecule has 0 bridgehead atoms. The standard InChI is InChI=1S/C6H13B3N3/c1-2-4-6(5-3-1)12-8-10-7-11-9-12/h6,10-11H,1-5H2. The molecule has 0 aromatic carbocycles. The third-order valence-electron chi connectivity index (χ3n) is 2.61. The van der Waals surface area contributed by atoms with Gasteiger partial charge in [0.15, 0.2) is 0 Å². The Morgan fingerprint density at radius 3 is 2.33 bits per heavy atom. The molecule has 1 saturated carbocycles. The average Bonchev–Trinajstić information content (AvgIpc) is 2.21. The Balaban J connectivity index is 1.80. The Hall–Kier alpha value is 0.0748. The third-order valence-corrected chi connectivity index (χ3v) is 2.61. The van der Waals surface area contributed by atoms with Gasteiger partial charge in [0.25, 0.3) is 22.6 Å². The smallest absolute Gasteiger partial charge is 0.287 e. The number of hydrogen-bond donors (Lipinski definition) is 2. The fourth-order valence-corrected chi connectivity index (χ4v) is 1.92. The van der Waals surface area contributed by atoms with Crippen molar-refractivity contribution in [3.63, 3.8) is 0 Å². The first-order valence-corrected chi connectivity index (χ1v) is 4.75. The monoisotopic (exact) mass is 160 g/mol. The maximum absolute atomic E-state index is 3.07. The van der Waals surface area contributed by atoms with Crippen LogP contribution in [0.4, 0.5) is 0 Å². The van der Waals surface area contributed by atoms with E-state index >= 15 is 0 Å². The van der Waals surface area contributed by atoms with Crippen LogP contribution in [0.1, 0.15) is 32.1 Å². The van der Waals surface area contributed by atoms with Crippen LogP contribution in [-0.2, 0) is 0 Å². The van der Waals surface area contributed by atoms with Crippen LogP contribution >= 0.6 is 0 Å². The number of nitrogens with zero attached hydrogens (tertiary/aromatic N) is 1. The quantitative estimate of drug-likeness (QED) is 0.502. The summed E-state index contributed by atoms with van der Waals surface area (Å²) in [6.45, 7) is 0. The molecule has 0 spiro atoms. The Kier molecular flexibility index (Phi) is 3.14. The van der Waals surface area contributed by atoms with Crippen molar-refractivity contribution in [2.75, 3.05) is 0 Å². The summed E-state index contributed by atoms with van der Waals surface area (Å²) in [7, 11) is 5.90. The van der Waals surface area contributed by atoms with Crippen molar-refractivity contribution in [2.45, 2.75) is 38.1 Å². The first-order chi connectivity index (χ1) is 5.97. The Labute approximate surface area is 76.5 Å². The Morgan fingerprint density at radius 1 is 1.00 bits per heavy atom. The minimum absolute atomic E-state index is 0.715. The van der Waals surface area contributed by atoms with E-state index in [-0.39, 0.29) is 0 Å². The zero-order chi connectivity index (χ0) is 8.23. The van der Waals surface area contributed by atoms with E-state index in [4.69, 9.17) is 0 Å². The van der Waals surface area contributed by atoms with Gasteiger partial charge in [0.05, 0.1) is 0 Å². The van der Waals surface area contributed by atoms with E-state index in [1.807, 2.05) is 22.6 Å². The highest BCUT2D eigenvalue weighted by Gasteiger charge is 2.23. The van der Waals surface area contributed by atoms with Crippen LogP contribution < -0.4 is 10.3 Å². The maximum Gasteiger partial charge on any atom is 0.287 e. The molecule has 1 heterocycles. The minimum atomic E-state index is 0.715. The molecule has 2 rings (SSSR count). The van der Waals surface area contributed by atoms with Gasteiger partial charge in [-0.1, -0.05) is 19.3 Å². The molecule has 2 N–H and O–H groups in total. The summed E-state index contributed by atoms with van der Waals surface area (Å²) in [4.78, 5) is 0. The van der Waals surface area contributed by atoms with Gasteiger partial charge in [0.1, 0.15) is 0 Å². The van der Waals surface area contributed by atoms with E-state index < -0.39 is 0 Å². The predicted octanol–water partition coefficient (Wildman–Crippen LogP) is -0.584. The second-order valence-corrected chi connectivity index (χ2v) is 3.47. The lowest BCUT2D eigenvalue weighted by Gasteiger charge is -2.36. The van der Waals surface area contributed by atoms with E-state index in [1.54, 1.807) is 0 Å².